The van der Waals surface area contributed by atoms with E-state index in [2.05, 4.69) is 15.3 Å². The number of nitrogens with one attached hydrogen (secondary N) is 1. The lowest BCUT2D eigenvalue weighted by Crippen LogP contribution is -2.42. The highest BCUT2D eigenvalue weighted by atomic mass is 19.1. The normalized spacial score (nSPS) is 23.3. The van der Waals surface area contributed by atoms with Crippen molar-refractivity contribution < 1.29 is 14.3 Å². The molecule has 0 aromatic carbocycles. The molecule has 2 fully saturated rings. The molecule has 7 nitrogen and oxygen atoms in total. The largest absolute Gasteiger partial charge is 0.480 e. The molecule has 0 radical (unpaired) electrons. The quantitative estimate of drug-likeness (QED) is 0.848. The second kappa shape index (κ2) is 5.92. The Kier molecular flexibility index (Phi) is 4.09. The van der Waals surface area contributed by atoms with E-state index < -0.39 is 17.8 Å². The zero-order valence-electron chi connectivity index (χ0n) is 13.4. The minimum absolute atomic E-state index is 0.0456. The molecule has 2 aliphatic rings. The first-order chi connectivity index (χ1) is 10.9. The van der Waals surface area contributed by atoms with Crippen LogP contribution in [0, 0.1) is 11.2 Å². The van der Waals surface area contributed by atoms with Crippen LogP contribution in [-0.2, 0) is 4.79 Å². The van der Waals surface area contributed by atoms with E-state index in [1.165, 1.54) is 6.20 Å². The lowest BCUT2D eigenvalue weighted by atomic mass is 9.76. The third-order valence-corrected chi connectivity index (χ3v) is 4.90. The highest BCUT2D eigenvalue weighted by molar-refractivity contribution is 5.74. The molecule has 2 aliphatic heterocycles. The minimum Gasteiger partial charge on any atom is -0.480 e. The van der Waals surface area contributed by atoms with Crippen LogP contribution < -0.4 is 15.1 Å². The summed E-state index contributed by atoms with van der Waals surface area (Å²) in [6.45, 7) is 2.25. The number of carboxylic acids is 1. The lowest BCUT2D eigenvalue weighted by molar-refractivity contribution is -0.139. The van der Waals surface area contributed by atoms with Crippen LogP contribution in [0.15, 0.2) is 6.20 Å². The van der Waals surface area contributed by atoms with Crippen LogP contribution >= 0.6 is 0 Å². The van der Waals surface area contributed by atoms with Crippen LogP contribution in [0.4, 0.5) is 16.2 Å². The van der Waals surface area contributed by atoms with Gasteiger partial charge in [-0.1, -0.05) is 0 Å². The Labute approximate surface area is 134 Å². The predicted octanol–water partition coefficient (Wildman–Crippen LogP) is 0.715. The minimum atomic E-state index is -0.776. The number of anilines is 2. The SMILES string of the molecule is CN(C)c1nc(N2CCC3(CC2)CNC(C(=O)O)C3)ncc1F. The summed E-state index contributed by atoms with van der Waals surface area (Å²) in [4.78, 5) is 23.2. The number of hydrogen-bond acceptors (Lipinski definition) is 6. The van der Waals surface area contributed by atoms with E-state index in [0.717, 1.165) is 32.5 Å². The first kappa shape index (κ1) is 15.9. The van der Waals surface area contributed by atoms with Crippen molar-refractivity contribution in [3.05, 3.63) is 12.0 Å². The fraction of sp³-hybridized carbons (Fsp3) is 0.667. The Morgan fingerprint density at radius 1 is 1.48 bits per heavy atom. The van der Waals surface area contributed by atoms with Gasteiger partial charge in [-0.05, 0) is 24.7 Å². The summed E-state index contributed by atoms with van der Waals surface area (Å²) in [7, 11) is 3.49. The summed E-state index contributed by atoms with van der Waals surface area (Å²) in [5.41, 5.74) is 0.0456. The van der Waals surface area contributed by atoms with Crippen molar-refractivity contribution in [1.29, 1.82) is 0 Å². The molecule has 2 N–H and O–H groups in total. The van der Waals surface area contributed by atoms with Gasteiger partial charge in [-0.3, -0.25) is 4.79 Å². The second-order valence-electron chi connectivity index (χ2n) is 6.70. The molecular formula is C15H22FN5O2. The maximum Gasteiger partial charge on any atom is 0.320 e. The lowest BCUT2D eigenvalue weighted by Gasteiger charge is -2.39. The van der Waals surface area contributed by atoms with Gasteiger partial charge < -0.3 is 20.2 Å². The average Bonchev–Trinajstić information content (AvgIpc) is 2.93. The molecule has 2 saturated heterocycles. The van der Waals surface area contributed by atoms with Gasteiger partial charge in [0, 0.05) is 33.7 Å². The number of aromatic nitrogens is 2. The Hall–Kier alpha value is -1.96. The summed E-state index contributed by atoms with van der Waals surface area (Å²) in [6.07, 6.45) is 3.66. The second-order valence-corrected chi connectivity index (χ2v) is 6.70. The van der Waals surface area contributed by atoms with E-state index in [0.29, 0.717) is 12.4 Å². The zero-order chi connectivity index (χ0) is 16.6. The molecule has 23 heavy (non-hydrogen) atoms. The number of rotatable bonds is 3. The maximum atomic E-state index is 13.7. The molecule has 1 atom stereocenters. The van der Waals surface area contributed by atoms with Gasteiger partial charge in [0.15, 0.2) is 11.6 Å². The molecule has 8 heteroatoms. The summed E-state index contributed by atoms with van der Waals surface area (Å²) in [6, 6.07) is -0.441. The topological polar surface area (TPSA) is 81.6 Å². The average molecular weight is 323 g/mol. The van der Waals surface area contributed by atoms with Gasteiger partial charge in [0.1, 0.15) is 6.04 Å². The van der Waals surface area contributed by atoms with E-state index in [1.807, 2.05) is 4.90 Å². The third-order valence-electron chi connectivity index (χ3n) is 4.90. The maximum absolute atomic E-state index is 13.7. The standard InChI is InChI=1S/C15H22FN5O2/c1-20(2)12-10(16)8-17-14(19-12)21-5-3-15(4-6-21)7-11(13(22)23)18-9-15/h8,11,18H,3-7,9H2,1-2H3,(H,22,23). The molecular weight excluding hydrogens is 301 g/mol. The van der Waals surface area contributed by atoms with E-state index >= 15 is 0 Å². The molecule has 1 unspecified atom stereocenters. The summed E-state index contributed by atoms with van der Waals surface area (Å²) < 4.78 is 13.7. The van der Waals surface area contributed by atoms with Crippen molar-refractivity contribution in [2.45, 2.75) is 25.3 Å². The smallest absolute Gasteiger partial charge is 0.320 e. The monoisotopic (exact) mass is 323 g/mol. The number of nitrogens with zero attached hydrogens (tertiary/aromatic N) is 4. The van der Waals surface area contributed by atoms with Gasteiger partial charge in [-0.15, -0.1) is 0 Å². The van der Waals surface area contributed by atoms with Crippen LogP contribution in [0.5, 0.6) is 0 Å². The molecule has 1 aromatic rings. The van der Waals surface area contributed by atoms with Gasteiger partial charge >= 0.3 is 5.97 Å². The van der Waals surface area contributed by atoms with Crippen LogP contribution in [0.3, 0.4) is 0 Å². The Morgan fingerprint density at radius 3 is 2.74 bits per heavy atom. The van der Waals surface area contributed by atoms with Crippen molar-refractivity contribution in [2.24, 2.45) is 5.41 Å². The number of carboxylic acid groups (broad SMARTS) is 1. The first-order valence-corrected chi connectivity index (χ1v) is 7.81. The molecule has 0 aliphatic carbocycles. The fourth-order valence-corrected chi connectivity index (χ4v) is 3.47. The highest BCUT2D eigenvalue weighted by Crippen LogP contribution is 2.40. The van der Waals surface area contributed by atoms with E-state index in [9.17, 15) is 9.18 Å². The van der Waals surface area contributed by atoms with E-state index in [4.69, 9.17) is 5.11 Å². The number of halogens is 1. The van der Waals surface area contributed by atoms with Crippen LogP contribution in [0.1, 0.15) is 19.3 Å². The summed E-state index contributed by atoms with van der Waals surface area (Å²) in [5, 5.41) is 12.2. The molecule has 0 saturated carbocycles. The molecule has 1 aromatic heterocycles. The predicted molar refractivity (Wildman–Crippen MR) is 84.2 cm³/mol. The molecule has 1 spiro atoms. The number of aliphatic carboxylic acids is 1. The summed E-state index contributed by atoms with van der Waals surface area (Å²) in [5.74, 6) is -0.396. The Balaban J connectivity index is 1.68. The molecule has 3 rings (SSSR count). The van der Waals surface area contributed by atoms with Crippen molar-refractivity contribution in [2.75, 3.05) is 43.5 Å². The molecule has 0 amide bonds. The van der Waals surface area contributed by atoms with Crippen LogP contribution in [0.2, 0.25) is 0 Å². The van der Waals surface area contributed by atoms with E-state index in [-0.39, 0.29) is 11.2 Å². The van der Waals surface area contributed by atoms with Gasteiger partial charge in [0.25, 0.3) is 0 Å². The fourth-order valence-electron chi connectivity index (χ4n) is 3.47. The summed E-state index contributed by atoms with van der Waals surface area (Å²) >= 11 is 0. The molecule has 126 valence electrons. The van der Waals surface area contributed by atoms with Crippen LogP contribution in [0.25, 0.3) is 0 Å². The van der Waals surface area contributed by atoms with Crippen molar-refractivity contribution in [3.8, 4) is 0 Å². The van der Waals surface area contributed by atoms with Crippen molar-refractivity contribution in [1.82, 2.24) is 15.3 Å². The van der Waals surface area contributed by atoms with Gasteiger partial charge in [0.05, 0.1) is 6.20 Å². The first-order valence-electron chi connectivity index (χ1n) is 7.81. The van der Waals surface area contributed by atoms with E-state index in [1.54, 1.807) is 19.0 Å². The van der Waals surface area contributed by atoms with Crippen molar-refractivity contribution in [3.63, 3.8) is 0 Å². The number of carbonyl (C=O) groups is 1. The number of hydrogen-bond donors (Lipinski definition) is 2. The highest BCUT2D eigenvalue weighted by Gasteiger charge is 2.43. The van der Waals surface area contributed by atoms with Gasteiger partial charge in [-0.25, -0.2) is 9.37 Å². The zero-order valence-corrected chi connectivity index (χ0v) is 13.4. The molecule has 3 heterocycles. The third kappa shape index (κ3) is 3.08. The molecule has 0 bridgehead atoms. The van der Waals surface area contributed by atoms with Crippen LogP contribution in [-0.4, -0.2) is 60.8 Å². The Bertz CT molecular complexity index is 602. The number of piperidine rings is 1. The van der Waals surface area contributed by atoms with Gasteiger partial charge in [0.2, 0.25) is 5.95 Å². The van der Waals surface area contributed by atoms with Gasteiger partial charge in [-0.2, -0.15) is 4.98 Å². The van der Waals surface area contributed by atoms with Crippen molar-refractivity contribution >= 4 is 17.7 Å². The Morgan fingerprint density at radius 2 is 2.17 bits per heavy atom.